The van der Waals surface area contributed by atoms with E-state index in [4.69, 9.17) is 41.2 Å². The van der Waals surface area contributed by atoms with Crippen molar-refractivity contribution in [3.63, 3.8) is 0 Å². The molecule has 0 bridgehead atoms. The van der Waals surface area contributed by atoms with E-state index in [1.165, 1.54) is 6.21 Å². The number of thiocarbonyl (C=S) groups is 1. The fraction of sp³-hybridized carbons (Fsp3) is 0.0667. The van der Waals surface area contributed by atoms with Gasteiger partial charge in [-0.15, -0.1) is 0 Å². The van der Waals surface area contributed by atoms with Gasteiger partial charge < -0.3 is 5.73 Å². The Kier molecular flexibility index (Phi) is 5.69. The molecule has 24 heavy (non-hydrogen) atoms. The van der Waals surface area contributed by atoms with Crippen LogP contribution in [-0.4, -0.2) is 11.3 Å². The SMILES string of the molecule is NC(=S)N(/N=C/c1ccccc1Cl)c1cc(C(F)(F)F)ccc1Cl. The molecular formula is C15H10Cl2F3N3S. The molecular weight excluding hydrogens is 382 g/mol. The second-order valence-corrected chi connectivity index (χ2v) is 5.81. The van der Waals surface area contributed by atoms with Crippen molar-refractivity contribution >= 4 is 52.4 Å². The smallest absolute Gasteiger partial charge is 0.374 e. The molecule has 0 spiro atoms. The van der Waals surface area contributed by atoms with Gasteiger partial charge in [0.2, 0.25) is 0 Å². The first-order valence-corrected chi connectivity index (χ1v) is 7.61. The molecule has 2 aromatic carbocycles. The predicted molar refractivity (Wildman–Crippen MR) is 94.8 cm³/mol. The highest BCUT2D eigenvalue weighted by atomic mass is 35.5. The first-order chi connectivity index (χ1) is 11.2. The molecule has 0 radical (unpaired) electrons. The Morgan fingerprint density at radius 2 is 1.79 bits per heavy atom. The molecule has 2 N–H and O–H groups in total. The van der Waals surface area contributed by atoms with E-state index in [9.17, 15) is 13.2 Å². The third kappa shape index (κ3) is 4.37. The van der Waals surface area contributed by atoms with Gasteiger partial charge in [0.15, 0.2) is 5.11 Å². The topological polar surface area (TPSA) is 41.6 Å². The van der Waals surface area contributed by atoms with Crippen molar-refractivity contribution in [1.82, 2.24) is 0 Å². The van der Waals surface area contributed by atoms with Crippen molar-refractivity contribution < 1.29 is 13.2 Å². The summed E-state index contributed by atoms with van der Waals surface area (Å²) in [7, 11) is 0. The quantitative estimate of drug-likeness (QED) is 0.449. The number of alkyl halides is 3. The Morgan fingerprint density at radius 1 is 1.12 bits per heavy atom. The van der Waals surface area contributed by atoms with Crippen LogP contribution in [0, 0.1) is 0 Å². The predicted octanol–water partition coefficient (Wildman–Crippen LogP) is 5.10. The van der Waals surface area contributed by atoms with E-state index in [1.807, 2.05) is 0 Å². The van der Waals surface area contributed by atoms with Gasteiger partial charge in [0.05, 0.1) is 22.5 Å². The molecule has 2 rings (SSSR count). The number of halogens is 5. The molecule has 0 aromatic heterocycles. The number of nitrogens with two attached hydrogens (primary N) is 1. The summed E-state index contributed by atoms with van der Waals surface area (Å²) in [6.45, 7) is 0. The minimum Gasteiger partial charge on any atom is -0.374 e. The highest BCUT2D eigenvalue weighted by Gasteiger charge is 2.31. The minimum atomic E-state index is -4.53. The molecule has 0 heterocycles. The normalized spacial score (nSPS) is 11.7. The standard InChI is InChI=1S/C15H10Cl2F3N3S/c16-11-4-2-1-3-9(11)8-22-23(14(21)24)13-7-10(15(18,19)20)5-6-12(13)17/h1-8H,(H2,21,24)/b22-8+. The van der Waals surface area contributed by atoms with Crippen LogP contribution in [0.4, 0.5) is 18.9 Å². The molecule has 3 nitrogen and oxygen atoms in total. The Balaban J connectivity index is 2.45. The summed E-state index contributed by atoms with van der Waals surface area (Å²) in [5, 5.41) is 5.13. The second-order valence-electron chi connectivity index (χ2n) is 4.58. The zero-order chi connectivity index (χ0) is 17.9. The molecule has 9 heteroatoms. The van der Waals surface area contributed by atoms with E-state index < -0.39 is 11.7 Å². The fourth-order valence-electron chi connectivity index (χ4n) is 1.79. The molecule has 0 saturated carbocycles. The van der Waals surface area contributed by atoms with Crippen LogP contribution in [0.15, 0.2) is 47.6 Å². The largest absolute Gasteiger partial charge is 0.416 e. The number of rotatable bonds is 3. The zero-order valence-electron chi connectivity index (χ0n) is 11.9. The minimum absolute atomic E-state index is 0.0205. The number of benzene rings is 2. The number of hydrazone groups is 1. The van der Waals surface area contributed by atoms with Crippen LogP contribution in [0.3, 0.4) is 0 Å². The number of nitrogens with zero attached hydrogens (tertiary/aromatic N) is 2. The van der Waals surface area contributed by atoms with E-state index in [-0.39, 0.29) is 15.8 Å². The maximum Gasteiger partial charge on any atom is 0.416 e. The number of hydrogen-bond donors (Lipinski definition) is 1. The first-order valence-electron chi connectivity index (χ1n) is 6.45. The second kappa shape index (κ2) is 7.38. The molecule has 0 unspecified atom stereocenters. The molecule has 0 aliphatic rings. The average Bonchev–Trinajstić information content (AvgIpc) is 2.49. The molecule has 0 saturated heterocycles. The summed E-state index contributed by atoms with van der Waals surface area (Å²) in [4.78, 5) is 0. The fourth-order valence-corrected chi connectivity index (χ4v) is 2.32. The molecule has 0 amide bonds. The summed E-state index contributed by atoms with van der Waals surface area (Å²) < 4.78 is 38.7. The van der Waals surface area contributed by atoms with Gasteiger partial charge in [-0.25, -0.2) is 5.01 Å². The van der Waals surface area contributed by atoms with Crippen LogP contribution in [0.1, 0.15) is 11.1 Å². The monoisotopic (exact) mass is 391 g/mol. The number of anilines is 1. The highest BCUT2D eigenvalue weighted by molar-refractivity contribution is 7.80. The third-order valence-electron chi connectivity index (χ3n) is 2.93. The summed E-state index contributed by atoms with van der Waals surface area (Å²) in [6.07, 6.45) is -3.20. The molecule has 0 fully saturated rings. The lowest BCUT2D eigenvalue weighted by Crippen LogP contribution is -2.31. The number of hydrogen-bond acceptors (Lipinski definition) is 2. The third-order valence-corrected chi connectivity index (χ3v) is 3.76. The Labute approximate surface area is 151 Å². The van der Waals surface area contributed by atoms with Gasteiger partial charge in [-0.05, 0) is 36.5 Å². The van der Waals surface area contributed by atoms with Crippen LogP contribution in [0.5, 0.6) is 0 Å². The van der Waals surface area contributed by atoms with E-state index in [0.29, 0.717) is 10.6 Å². The van der Waals surface area contributed by atoms with Gasteiger partial charge >= 0.3 is 6.18 Å². The average molecular weight is 392 g/mol. The molecule has 0 atom stereocenters. The summed E-state index contributed by atoms with van der Waals surface area (Å²) in [5.74, 6) is 0. The van der Waals surface area contributed by atoms with Gasteiger partial charge in [-0.3, -0.25) is 0 Å². The summed E-state index contributed by atoms with van der Waals surface area (Å²) >= 11 is 16.8. The van der Waals surface area contributed by atoms with E-state index >= 15 is 0 Å². The van der Waals surface area contributed by atoms with Crippen LogP contribution >= 0.6 is 35.4 Å². The van der Waals surface area contributed by atoms with E-state index in [0.717, 1.165) is 23.2 Å². The van der Waals surface area contributed by atoms with Crippen molar-refractivity contribution in [3.05, 3.63) is 63.6 Å². The maximum atomic E-state index is 12.9. The summed E-state index contributed by atoms with van der Waals surface area (Å²) in [5.41, 5.74) is 5.14. The lowest BCUT2D eigenvalue weighted by Gasteiger charge is -2.19. The van der Waals surface area contributed by atoms with Gasteiger partial charge in [0.1, 0.15) is 0 Å². The van der Waals surface area contributed by atoms with Crippen LogP contribution < -0.4 is 10.7 Å². The Morgan fingerprint density at radius 3 is 2.38 bits per heavy atom. The van der Waals surface area contributed by atoms with Crippen molar-refractivity contribution in [2.24, 2.45) is 10.8 Å². The van der Waals surface area contributed by atoms with Crippen LogP contribution in [0.2, 0.25) is 10.0 Å². The molecule has 2 aromatic rings. The first kappa shape index (κ1) is 18.5. The molecule has 0 aliphatic carbocycles. The van der Waals surface area contributed by atoms with Gasteiger partial charge in [-0.1, -0.05) is 41.4 Å². The molecule has 0 aliphatic heterocycles. The van der Waals surface area contributed by atoms with Crippen LogP contribution in [0.25, 0.3) is 0 Å². The lowest BCUT2D eigenvalue weighted by atomic mass is 10.2. The van der Waals surface area contributed by atoms with Crippen molar-refractivity contribution in [2.75, 3.05) is 5.01 Å². The van der Waals surface area contributed by atoms with Crippen molar-refractivity contribution in [3.8, 4) is 0 Å². The maximum absolute atomic E-state index is 12.9. The van der Waals surface area contributed by atoms with Crippen molar-refractivity contribution in [2.45, 2.75) is 6.18 Å². The van der Waals surface area contributed by atoms with Gasteiger partial charge in [0, 0.05) is 10.6 Å². The summed E-state index contributed by atoms with van der Waals surface area (Å²) in [6, 6.07) is 9.58. The zero-order valence-corrected chi connectivity index (χ0v) is 14.2. The van der Waals surface area contributed by atoms with Crippen LogP contribution in [-0.2, 0) is 6.18 Å². The highest BCUT2D eigenvalue weighted by Crippen LogP contribution is 2.35. The Bertz CT molecular complexity index is 794. The van der Waals surface area contributed by atoms with E-state index in [1.54, 1.807) is 24.3 Å². The lowest BCUT2D eigenvalue weighted by molar-refractivity contribution is -0.137. The van der Waals surface area contributed by atoms with Gasteiger partial charge in [0.25, 0.3) is 0 Å². The van der Waals surface area contributed by atoms with Crippen molar-refractivity contribution in [1.29, 1.82) is 0 Å². The molecule has 126 valence electrons. The Hall–Kier alpha value is -1.83. The van der Waals surface area contributed by atoms with Gasteiger partial charge in [-0.2, -0.15) is 18.3 Å². The van der Waals surface area contributed by atoms with E-state index in [2.05, 4.69) is 5.10 Å².